The van der Waals surface area contributed by atoms with E-state index in [0.29, 0.717) is 6.54 Å². The van der Waals surface area contributed by atoms with Gasteiger partial charge in [-0.05, 0) is 37.8 Å². The summed E-state index contributed by atoms with van der Waals surface area (Å²) < 4.78 is 0. The van der Waals surface area contributed by atoms with Gasteiger partial charge < -0.3 is 15.3 Å². The molecule has 2 bridgehead atoms. The molecule has 2 N–H and O–H groups in total. The van der Waals surface area contributed by atoms with E-state index in [2.05, 4.69) is 24.1 Å². The molecule has 2 aliphatic rings. The van der Waals surface area contributed by atoms with E-state index in [4.69, 9.17) is 0 Å². The van der Waals surface area contributed by atoms with Gasteiger partial charge in [-0.15, -0.1) is 0 Å². The average Bonchev–Trinajstić information content (AvgIpc) is 3.06. The molecule has 0 heterocycles. The Bertz CT molecular complexity index is 422. The first-order chi connectivity index (χ1) is 10.1. The molecule has 1 amide bonds. The maximum absolute atomic E-state index is 12.4. The number of amides is 1. The summed E-state index contributed by atoms with van der Waals surface area (Å²) in [6.07, 6.45) is 5.89. The number of carboxylic acids is 1. The number of carbonyl (C=O) groups excluding carboxylic acids is 1. The summed E-state index contributed by atoms with van der Waals surface area (Å²) in [5.41, 5.74) is 0. The molecule has 0 aromatic rings. The van der Waals surface area contributed by atoms with Crippen LogP contribution in [0.4, 0.5) is 0 Å². The summed E-state index contributed by atoms with van der Waals surface area (Å²) in [6.45, 7) is 7.67. The number of carbonyl (C=O) groups is 2. The van der Waals surface area contributed by atoms with Crippen molar-refractivity contribution in [1.29, 1.82) is 0 Å². The van der Waals surface area contributed by atoms with Gasteiger partial charge in [0.05, 0.1) is 11.8 Å². The topological polar surface area (TPSA) is 69.6 Å². The van der Waals surface area contributed by atoms with E-state index in [1.54, 1.807) is 0 Å². The number of carboxylic acid groups (broad SMARTS) is 1. The van der Waals surface area contributed by atoms with Crippen molar-refractivity contribution in [2.75, 3.05) is 26.2 Å². The number of likely N-dealkylation sites (N-methyl/N-ethyl adjacent to an activating group) is 1. The Labute approximate surface area is 126 Å². The van der Waals surface area contributed by atoms with Crippen LogP contribution in [-0.4, -0.2) is 48.1 Å². The second kappa shape index (κ2) is 7.07. The molecule has 2 rings (SSSR count). The first-order valence-corrected chi connectivity index (χ1v) is 7.99. The van der Waals surface area contributed by atoms with Crippen LogP contribution in [0, 0.1) is 23.7 Å². The Morgan fingerprint density at radius 2 is 1.86 bits per heavy atom. The number of aliphatic carboxylic acids is 1. The summed E-state index contributed by atoms with van der Waals surface area (Å²) in [4.78, 5) is 26.0. The number of hydrogen-bond donors (Lipinski definition) is 2. The van der Waals surface area contributed by atoms with Crippen molar-refractivity contribution >= 4 is 11.9 Å². The molecule has 0 saturated heterocycles. The van der Waals surface area contributed by atoms with Gasteiger partial charge in [0, 0.05) is 13.1 Å². The monoisotopic (exact) mass is 294 g/mol. The van der Waals surface area contributed by atoms with Crippen molar-refractivity contribution in [2.24, 2.45) is 23.7 Å². The number of fused-ring (bicyclic) bond motifs is 2. The predicted molar refractivity (Wildman–Crippen MR) is 80.8 cm³/mol. The standard InChI is InChI=1S/C16H26N2O3/c1-3-8-18(4-2)9-7-17-15(19)13-11-5-6-12(10-11)14(13)16(20)21/h5-6,11-14H,3-4,7-10H2,1-2H3,(H,17,19)(H,20,21)/t11?,12?,13-,14+/m0/s1. The van der Waals surface area contributed by atoms with Gasteiger partial charge in [-0.1, -0.05) is 26.0 Å². The molecule has 0 aliphatic heterocycles. The molecule has 0 aromatic carbocycles. The zero-order valence-electron chi connectivity index (χ0n) is 12.9. The molecule has 118 valence electrons. The average molecular weight is 294 g/mol. The quantitative estimate of drug-likeness (QED) is 0.663. The molecule has 4 atom stereocenters. The van der Waals surface area contributed by atoms with Crippen molar-refractivity contribution in [3.8, 4) is 0 Å². The summed E-state index contributed by atoms with van der Waals surface area (Å²) in [5.74, 6) is -1.72. The van der Waals surface area contributed by atoms with E-state index in [1.807, 2.05) is 12.2 Å². The Balaban J connectivity index is 1.85. The second-order valence-electron chi connectivity index (χ2n) is 6.06. The molecular weight excluding hydrogens is 268 g/mol. The van der Waals surface area contributed by atoms with Crippen LogP contribution in [0.5, 0.6) is 0 Å². The number of allylic oxidation sites excluding steroid dienone is 2. The Morgan fingerprint density at radius 1 is 1.19 bits per heavy atom. The lowest BCUT2D eigenvalue weighted by Gasteiger charge is -2.25. The lowest BCUT2D eigenvalue weighted by Crippen LogP contribution is -2.43. The van der Waals surface area contributed by atoms with Crippen molar-refractivity contribution < 1.29 is 14.7 Å². The highest BCUT2D eigenvalue weighted by Gasteiger charge is 2.51. The third kappa shape index (κ3) is 3.46. The Morgan fingerprint density at radius 3 is 2.43 bits per heavy atom. The molecule has 0 radical (unpaired) electrons. The van der Waals surface area contributed by atoms with Crippen LogP contribution in [0.1, 0.15) is 26.7 Å². The van der Waals surface area contributed by atoms with E-state index >= 15 is 0 Å². The SMILES string of the molecule is CCCN(CC)CCNC(=O)[C@H]1C2C=CC(C2)[C@H]1C(=O)O. The molecule has 21 heavy (non-hydrogen) atoms. The summed E-state index contributed by atoms with van der Waals surface area (Å²) in [7, 11) is 0. The van der Waals surface area contributed by atoms with E-state index in [1.165, 1.54) is 0 Å². The minimum Gasteiger partial charge on any atom is -0.481 e. The number of nitrogens with zero attached hydrogens (tertiary/aromatic N) is 1. The number of rotatable bonds is 8. The first kappa shape index (κ1) is 16.0. The maximum atomic E-state index is 12.4. The van der Waals surface area contributed by atoms with E-state index in [0.717, 1.165) is 32.5 Å². The maximum Gasteiger partial charge on any atom is 0.307 e. The Hall–Kier alpha value is -1.36. The molecule has 5 nitrogen and oxygen atoms in total. The van der Waals surface area contributed by atoms with Gasteiger partial charge in [-0.25, -0.2) is 0 Å². The van der Waals surface area contributed by atoms with Gasteiger partial charge in [0.15, 0.2) is 0 Å². The van der Waals surface area contributed by atoms with E-state index < -0.39 is 17.8 Å². The zero-order valence-corrected chi connectivity index (χ0v) is 12.9. The van der Waals surface area contributed by atoms with Crippen LogP contribution < -0.4 is 5.32 Å². The summed E-state index contributed by atoms with van der Waals surface area (Å²) in [5, 5.41) is 12.3. The lowest BCUT2D eigenvalue weighted by atomic mass is 9.82. The Kier molecular flexibility index (Phi) is 5.39. The van der Waals surface area contributed by atoms with Crippen LogP contribution in [0.2, 0.25) is 0 Å². The fourth-order valence-corrected chi connectivity index (χ4v) is 3.72. The van der Waals surface area contributed by atoms with Crippen LogP contribution in [0.25, 0.3) is 0 Å². The van der Waals surface area contributed by atoms with E-state index in [-0.39, 0.29) is 17.7 Å². The van der Waals surface area contributed by atoms with Crippen molar-refractivity contribution in [1.82, 2.24) is 10.2 Å². The third-order valence-corrected chi connectivity index (χ3v) is 4.76. The zero-order chi connectivity index (χ0) is 15.4. The van der Waals surface area contributed by atoms with Gasteiger partial charge >= 0.3 is 5.97 Å². The van der Waals surface area contributed by atoms with Crippen LogP contribution in [0.3, 0.4) is 0 Å². The predicted octanol–water partition coefficient (Wildman–Crippen LogP) is 1.36. The largest absolute Gasteiger partial charge is 0.481 e. The lowest BCUT2D eigenvalue weighted by molar-refractivity contribution is -0.147. The van der Waals surface area contributed by atoms with E-state index in [9.17, 15) is 14.7 Å². The first-order valence-electron chi connectivity index (χ1n) is 7.99. The van der Waals surface area contributed by atoms with Gasteiger partial charge in [0.25, 0.3) is 0 Å². The number of hydrogen-bond acceptors (Lipinski definition) is 3. The summed E-state index contributed by atoms with van der Waals surface area (Å²) in [6, 6.07) is 0. The third-order valence-electron chi connectivity index (χ3n) is 4.76. The highest BCUT2D eigenvalue weighted by molar-refractivity contribution is 5.86. The smallest absolute Gasteiger partial charge is 0.307 e. The molecular formula is C16H26N2O3. The normalized spacial score (nSPS) is 30.0. The van der Waals surface area contributed by atoms with Gasteiger partial charge in [-0.3, -0.25) is 9.59 Å². The van der Waals surface area contributed by atoms with Gasteiger partial charge in [-0.2, -0.15) is 0 Å². The molecule has 2 aliphatic carbocycles. The fourth-order valence-electron chi connectivity index (χ4n) is 3.72. The molecule has 0 spiro atoms. The van der Waals surface area contributed by atoms with Crippen molar-refractivity contribution in [2.45, 2.75) is 26.7 Å². The number of nitrogens with one attached hydrogen (secondary N) is 1. The second-order valence-corrected chi connectivity index (χ2v) is 6.06. The van der Waals surface area contributed by atoms with Crippen LogP contribution >= 0.6 is 0 Å². The molecule has 5 heteroatoms. The van der Waals surface area contributed by atoms with Crippen LogP contribution in [-0.2, 0) is 9.59 Å². The fraction of sp³-hybridized carbons (Fsp3) is 0.750. The highest BCUT2D eigenvalue weighted by atomic mass is 16.4. The molecule has 1 saturated carbocycles. The molecule has 1 fully saturated rings. The minimum atomic E-state index is -0.840. The van der Waals surface area contributed by atoms with Crippen molar-refractivity contribution in [3.63, 3.8) is 0 Å². The minimum absolute atomic E-state index is 0.0375. The van der Waals surface area contributed by atoms with Crippen LogP contribution in [0.15, 0.2) is 12.2 Å². The molecule has 0 aromatic heterocycles. The van der Waals surface area contributed by atoms with Gasteiger partial charge in [0.2, 0.25) is 5.91 Å². The van der Waals surface area contributed by atoms with Crippen molar-refractivity contribution in [3.05, 3.63) is 12.2 Å². The van der Waals surface area contributed by atoms with Gasteiger partial charge in [0.1, 0.15) is 0 Å². The highest BCUT2D eigenvalue weighted by Crippen LogP contribution is 2.48. The molecule has 2 unspecified atom stereocenters. The summed E-state index contributed by atoms with van der Waals surface area (Å²) >= 11 is 0.